The third-order valence-corrected chi connectivity index (χ3v) is 5.88. The average Bonchev–Trinajstić information content (AvgIpc) is 2.93. The van der Waals surface area contributed by atoms with E-state index in [1.54, 1.807) is 45.3 Å². The van der Waals surface area contributed by atoms with Crippen molar-refractivity contribution in [1.82, 2.24) is 25.3 Å². The molecule has 0 bridgehead atoms. The zero-order valence-electron chi connectivity index (χ0n) is 20.9. The van der Waals surface area contributed by atoms with Gasteiger partial charge in [0.25, 0.3) is 11.8 Å². The van der Waals surface area contributed by atoms with Crippen LogP contribution in [0.3, 0.4) is 0 Å². The number of aromatic nitrogens is 4. The van der Waals surface area contributed by atoms with Gasteiger partial charge in [0.2, 0.25) is 0 Å². The highest BCUT2D eigenvalue weighted by molar-refractivity contribution is 6.04. The second kappa shape index (κ2) is 10.3. The molecule has 0 unspecified atom stereocenters. The summed E-state index contributed by atoms with van der Waals surface area (Å²) in [5.41, 5.74) is 4.82. The number of rotatable bonds is 6. The zero-order valence-corrected chi connectivity index (χ0v) is 20.9. The fraction of sp³-hybridized carbons (Fsp3) is 0.179. The summed E-state index contributed by atoms with van der Waals surface area (Å²) in [4.78, 5) is 42.0. The first-order valence-corrected chi connectivity index (χ1v) is 11.5. The van der Waals surface area contributed by atoms with Gasteiger partial charge in [-0.15, -0.1) is 0 Å². The lowest BCUT2D eigenvalue weighted by atomic mass is 9.90. The van der Waals surface area contributed by atoms with Crippen LogP contribution in [0, 0.1) is 18.3 Å². The first-order valence-electron chi connectivity index (χ1n) is 11.5. The SMILES string of the molecule is CNC(=O)c1cc(-c2cccc(-c3cc(NC(=O)c4ccnc(C(C)(C)C#N)c4)cnc3C)c2)ncn1. The number of pyridine rings is 2. The molecule has 0 radical (unpaired) electrons. The van der Waals surface area contributed by atoms with Gasteiger partial charge in [0.1, 0.15) is 12.0 Å². The van der Waals surface area contributed by atoms with Crippen molar-refractivity contribution in [1.29, 1.82) is 5.26 Å². The van der Waals surface area contributed by atoms with Gasteiger partial charge < -0.3 is 10.6 Å². The van der Waals surface area contributed by atoms with Crippen LogP contribution in [0.5, 0.6) is 0 Å². The van der Waals surface area contributed by atoms with Gasteiger partial charge in [0, 0.05) is 35.6 Å². The molecule has 1 aromatic carbocycles. The maximum absolute atomic E-state index is 13.0. The smallest absolute Gasteiger partial charge is 0.269 e. The van der Waals surface area contributed by atoms with Crippen molar-refractivity contribution in [3.05, 3.63) is 89.9 Å². The number of hydrogen-bond acceptors (Lipinski definition) is 7. The molecule has 37 heavy (non-hydrogen) atoms. The Morgan fingerprint density at radius 2 is 1.73 bits per heavy atom. The van der Waals surface area contributed by atoms with E-state index in [4.69, 9.17) is 0 Å². The number of nitrogens with one attached hydrogen (secondary N) is 2. The lowest BCUT2D eigenvalue weighted by Crippen LogP contribution is -2.19. The molecule has 0 saturated heterocycles. The van der Waals surface area contributed by atoms with Crippen molar-refractivity contribution in [3.63, 3.8) is 0 Å². The van der Waals surface area contributed by atoms with Gasteiger partial charge in [-0.3, -0.25) is 19.6 Å². The molecule has 0 saturated carbocycles. The Morgan fingerprint density at radius 3 is 2.49 bits per heavy atom. The van der Waals surface area contributed by atoms with E-state index in [0.717, 1.165) is 22.4 Å². The predicted octanol–water partition coefficient (Wildman–Crippen LogP) is 4.32. The molecule has 0 atom stereocenters. The fourth-order valence-corrected chi connectivity index (χ4v) is 3.68. The highest BCUT2D eigenvalue weighted by Gasteiger charge is 2.22. The fourth-order valence-electron chi connectivity index (χ4n) is 3.68. The molecule has 3 aromatic heterocycles. The number of benzene rings is 1. The van der Waals surface area contributed by atoms with Crippen LogP contribution in [-0.4, -0.2) is 38.8 Å². The van der Waals surface area contributed by atoms with Crippen molar-refractivity contribution in [2.75, 3.05) is 12.4 Å². The Labute approximate surface area is 214 Å². The minimum atomic E-state index is -0.815. The van der Waals surface area contributed by atoms with Crippen molar-refractivity contribution >= 4 is 17.5 Å². The first-order chi connectivity index (χ1) is 17.7. The topological polar surface area (TPSA) is 134 Å². The molecule has 0 aliphatic rings. The Bertz CT molecular complexity index is 1540. The Morgan fingerprint density at radius 1 is 0.946 bits per heavy atom. The van der Waals surface area contributed by atoms with E-state index in [1.807, 2.05) is 37.3 Å². The second-order valence-corrected chi connectivity index (χ2v) is 8.93. The van der Waals surface area contributed by atoms with E-state index < -0.39 is 5.41 Å². The van der Waals surface area contributed by atoms with Crippen molar-refractivity contribution in [3.8, 4) is 28.5 Å². The van der Waals surface area contributed by atoms with Gasteiger partial charge in [-0.05, 0) is 56.7 Å². The van der Waals surface area contributed by atoms with Gasteiger partial charge in [0.05, 0.1) is 34.8 Å². The number of amides is 2. The normalized spacial score (nSPS) is 10.9. The molecule has 0 spiro atoms. The van der Waals surface area contributed by atoms with E-state index in [1.165, 1.54) is 12.5 Å². The number of aryl methyl sites for hydroxylation is 1. The molecule has 0 aliphatic heterocycles. The summed E-state index contributed by atoms with van der Waals surface area (Å²) in [6.07, 6.45) is 4.48. The Hall–Kier alpha value is -4.97. The van der Waals surface area contributed by atoms with E-state index in [0.29, 0.717) is 22.6 Å². The molecule has 3 heterocycles. The molecule has 0 aliphatic carbocycles. The number of nitrogens with zero attached hydrogens (tertiary/aromatic N) is 5. The predicted molar refractivity (Wildman–Crippen MR) is 140 cm³/mol. The molecular weight excluding hydrogens is 466 g/mol. The third-order valence-electron chi connectivity index (χ3n) is 5.88. The van der Waals surface area contributed by atoms with Crippen LogP contribution in [0.25, 0.3) is 22.4 Å². The molecular formula is C28H25N7O2. The van der Waals surface area contributed by atoms with Gasteiger partial charge in [0.15, 0.2) is 0 Å². The summed E-state index contributed by atoms with van der Waals surface area (Å²) in [7, 11) is 1.55. The van der Waals surface area contributed by atoms with Crippen molar-refractivity contribution in [2.24, 2.45) is 0 Å². The Balaban J connectivity index is 1.63. The number of carbonyl (C=O) groups excluding carboxylic acids is 2. The van der Waals surface area contributed by atoms with Crippen LogP contribution in [0.1, 0.15) is 46.1 Å². The van der Waals surface area contributed by atoms with Crippen LogP contribution in [0.15, 0.2) is 67.3 Å². The molecule has 2 N–H and O–H groups in total. The maximum Gasteiger partial charge on any atom is 0.269 e. The standard InChI is InChI=1S/C28H25N7O2/c1-17-22(18-6-5-7-19(10-18)23-13-24(27(37)30-4)34-16-33-23)12-21(14-32-17)35-26(36)20-8-9-31-25(11-20)28(2,3)15-29/h5-14,16H,1-4H3,(H,30,37)(H,35,36). The highest BCUT2D eigenvalue weighted by Crippen LogP contribution is 2.29. The van der Waals surface area contributed by atoms with E-state index in [-0.39, 0.29) is 17.5 Å². The van der Waals surface area contributed by atoms with E-state index in [9.17, 15) is 14.9 Å². The average molecular weight is 492 g/mol. The van der Waals surface area contributed by atoms with E-state index >= 15 is 0 Å². The number of nitriles is 1. The zero-order chi connectivity index (χ0) is 26.6. The van der Waals surface area contributed by atoms with Gasteiger partial charge in [-0.25, -0.2) is 9.97 Å². The lowest BCUT2D eigenvalue weighted by molar-refractivity contribution is 0.0957. The quantitative estimate of drug-likeness (QED) is 0.410. The molecule has 4 aromatic rings. The van der Waals surface area contributed by atoms with Gasteiger partial charge >= 0.3 is 0 Å². The summed E-state index contributed by atoms with van der Waals surface area (Å²) < 4.78 is 0. The number of hydrogen-bond donors (Lipinski definition) is 2. The minimum Gasteiger partial charge on any atom is -0.354 e. The van der Waals surface area contributed by atoms with Crippen molar-refractivity contribution < 1.29 is 9.59 Å². The van der Waals surface area contributed by atoms with Crippen LogP contribution >= 0.6 is 0 Å². The monoisotopic (exact) mass is 491 g/mol. The summed E-state index contributed by atoms with van der Waals surface area (Å²) in [6, 6.07) is 16.6. The number of carbonyl (C=O) groups is 2. The molecule has 9 nitrogen and oxygen atoms in total. The van der Waals surface area contributed by atoms with Crippen LogP contribution in [0.2, 0.25) is 0 Å². The lowest BCUT2D eigenvalue weighted by Gasteiger charge is -2.15. The third kappa shape index (κ3) is 5.49. The van der Waals surface area contributed by atoms with Crippen LogP contribution in [0.4, 0.5) is 5.69 Å². The summed E-state index contributed by atoms with van der Waals surface area (Å²) in [5, 5.41) is 14.8. The maximum atomic E-state index is 13.0. The Kier molecular flexibility index (Phi) is 7.02. The highest BCUT2D eigenvalue weighted by atomic mass is 16.2. The molecule has 0 fully saturated rings. The largest absolute Gasteiger partial charge is 0.354 e. The summed E-state index contributed by atoms with van der Waals surface area (Å²) in [5.74, 6) is -0.619. The van der Waals surface area contributed by atoms with Gasteiger partial charge in [-0.2, -0.15) is 5.26 Å². The van der Waals surface area contributed by atoms with Crippen LogP contribution in [-0.2, 0) is 5.41 Å². The summed E-state index contributed by atoms with van der Waals surface area (Å²) >= 11 is 0. The molecule has 2 amide bonds. The van der Waals surface area contributed by atoms with Gasteiger partial charge in [-0.1, -0.05) is 18.2 Å². The van der Waals surface area contributed by atoms with E-state index in [2.05, 4.69) is 36.6 Å². The number of anilines is 1. The molecule has 9 heteroatoms. The minimum absolute atomic E-state index is 0.276. The second-order valence-electron chi connectivity index (χ2n) is 8.93. The van der Waals surface area contributed by atoms with Crippen LogP contribution < -0.4 is 10.6 Å². The van der Waals surface area contributed by atoms with Crippen molar-refractivity contribution in [2.45, 2.75) is 26.2 Å². The molecule has 184 valence electrons. The first kappa shape index (κ1) is 25.1. The summed E-state index contributed by atoms with van der Waals surface area (Å²) in [6.45, 7) is 5.39. The molecule has 4 rings (SSSR count).